The number of carbonyl (C=O) groups is 1. The Hall–Kier alpha value is -2.86. The van der Waals surface area contributed by atoms with E-state index >= 15 is 0 Å². The summed E-state index contributed by atoms with van der Waals surface area (Å²) in [4.78, 5) is 20.7. The second kappa shape index (κ2) is 8.11. The Morgan fingerprint density at radius 3 is 2.47 bits per heavy atom. The Labute approximate surface area is 176 Å². The number of hydrogen-bond donors (Lipinski definition) is 1. The van der Waals surface area contributed by atoms with E-state index in [-0.39, 0.29) is 11.7 Å². The average Bonchev–Trinajstić information content (AvgIpc) is 3.10. The minimum atomic E-state index is -0.157. The molecule has 0 radical (unpaired) electrons. The van der Waals surface area contributed by atoms with Gasteiger partial charge in [-0.3, -0.25) is 9.69 Å². The van der Waals surface area contributed by atoms with E-state index < -0.39 is 0 Å². The minimum absolute atomic E-state index is 0.000982. The maximum absolute atomic E-state index is 13.7. The molecule has 0 spiro atoms. The van der Waals surface area contributed by atoms with Gasteiger partial charge in [0.25, 0.3) is 5.91 Å². The van der Waals surface area contributed by atoms with E-state index in [1.54, 1.807) is 20.1 Å². The van der Waals surface area contributed by atoms with Crippen molar-refractivity contribution in [2.24, 2.45) is 0 Å². The molecule has 0 bridgehead atoms. The molecule has 1 saturated heterocycles. The van der Waals surface area contributed by atoms with E-state index in [9.17, 15) is 9.18 Å². The lowest BCUT2D eigenvalue weighted by Crippen LogP contribution is -2.48. The number of halogens is 1. The fraction of sp³-hybridized carbons (Fsp3) is 0.375. The molecule has 0 saturated carbocycles. The molecule has 4 rings (SSSR count). The van der Waals surface area contributed by atoms with Crippen molar-refractivity contribution in [2.75, 3.05) is 33.3 Å². The number of benzene rings is 2. The largest absolute Gasteiger partial charge is 0.496 e. The molecule has 2 aromatic carbocycles. The highest BCUT2D eigenvalue weighted by Crippen LogP contribution is 2.28. The summed E-state index contributed by atoms with van der Waals surface area (Å²) in [5, 5.41) is 1.01. The Kier molecular flexibility index (Phi) is 5.52. The van der Waals surface area contributed by atoms with Gasteiger partial charge in [0.1, 0.15) is 11.6 Å². The number of ether oxygens (including phenoxy) is 1. The molecular weight excluding hydrogens is 381 g/mol. The summed E-state index contributed by atoms with van der Waals surface area (Å²) < 4.78 is 19.2. The fourth-order valence-electron chi connectivity index (χ4n) is 4.17. The second-order valence-corrected chi connectivity index (χ2v) is 8.19. The third-order valence-corrected chi connectivity index (χ3v) is 5.98. The fourth-order valence-corrected chi connectivity index (χ4v) is 4.17. The summed E-state index contributed by atoms with van der Waals surface area (Å²) in [5.74, 6) is 0.436. The molecule has 1 aliphatic heterocycles. The molecule has 0 aliphatic carbocycles. The zero-order valence-corrected chi connectivity index (χ0v) is 18.0. The molecule has 1 N–H and O–H groups in total. The Morgan fingerprint density at radius 2 is 1.77 bits per heavy atom. The summed E-state index contributed by atoms with van der Waals surface area (Å²) in [6.07, 6.45) is 0. The highest BCUT2D eigenvalue weighted by atomic mass is 19.1. The van der Waals surface area contributed by atoms with Gasteiger partial charge in [-0.15, -0.1) is 0 Å². The van der Waals surface area contributed by atoms with E-state index in [1.165, 1.54) is 0 Å². The van der Waals surface area contributed by atoms with Crippen LogP contribution in [0.4, 0.5) is 4.39 Å². The Balaban J connectivity index is 1.46. The van der Waals surface area contributed by atoms with Crippen LogP contribution in [-0.4, -0.2) is 54.0 Å². The number of piperazine rings is 1. The van der Waals surface area contributed by atoms with Crippen molar-refractivity contribution in [3.05, 3.63) is 64.1 Å². The predicted octanol–water partition coefficient (Wildman–Crippen LogP) is 4.20. The molecule has 2 heterocycles. The first-order valence-electron chi connectivity index (χ1n) is 10.3. The lowest BCUT2D eigenvalue weighted by Gasteiger charge is -2.35. The third-order valence-electron chi connectivity index (χ3n) is 5.98. The summed E-state index contributed by atoms with van der Waals surface area (Å²) in [5.41, 5.74) is 5.40. The molecule has 6 heteroatoms. The second-order valence-electron chi connectivity index (χ2n) is 8.19. The van der Waals surface area contributed by atoms with Crippen molar-refractivity contribution in [3.8, 4) is 5.75 Å². The van der Waals surface area contributed by atoms with Gasteiger partial charge in [-0.1, -0.05) is 6.07 Å². The van der Waals surface area contributed by atoms with Crippen molar-refractivity contribution in [2.45, 2.75) is 27.3 Å². The number of aryl methyl sites for hydroxylation is 3. The van der Waals surface area contributed by atoms with Crippen molar-refractivity contribution >= 4 is 16.8 Å². The zero-order chi connectivity index (χ0) is 21.4. The van der Waals surface area contributed by atoms with Crippen LogP contribution in [0.25, 0.3) is 10.9 Å². The number of aromatic amines is 1. The quantitative estimate of drug-likeness (QED) is 0.703. The lowest BCUT2D eigenvalue weighted by atomic mass is 10.0. The van der Waals surface area contributed by atoms with Gasteiger partial charge in [-0.05, 0) is 55.7 Å². The topological polar surface area (TPSA) is 48.6 Å². The Morgan fingerprint density at radius 1 is 1.03 bits per heavy atom. The number of H-pyrrole nitrogens is 1. The summed E-state index contributed by atoms with van der Waals surface area (Å²) in [7, 11) is 1.60. The molecule has 30 heavy (non-hydrogen) atoms. The van der Waals surface area contributed by atoms with Crippen LogP contribution < -0.4 is 4.74 Å². The van der Waals surface area contributed by atoms with Crippen LogP contribution in [0.1, 0.15) is 32.7 Å². The van der Waals surface area contributed by atoms with E-state index in [0.29, 0.717) is 30.0 Å². The molecule has 1 amide bonds. The van der Waals surface area contributed by atoms with E-state index in [2.05, 4.69) is 9.88 Å². The number of rotatable bonds is 4. The van der Waals surface area contributed by atoms with Gasteiger partial charge in [0.2, 0.25) is 0 Å². The van der Waals surface area contributed by atoms with Crippen LogP contribution in [0, 0.1) is 26.6 Å². The number of carbonyl (C=O) groups excluding carboxylic acids is 1. The molecule has 1 aliphatic rings. The van der Waals surface area contributed by atoms with Crippen molar-refractivity contribution < 1.29 is 13.9 Å². The molecule has 5 nitrogen and oxygen atoms in total. The van der Waals surface area contributed by atoms with Gasteiger partial charge in [0.15, 0.2) is 0 Å². The molecule has 1 aromatic heterocycles. The molecule has 0 atom stereocenters. The van der Waals surface area contributed by atoms with Crippen LogP contribution in [0.2, 0.25) is 0 Å². The van der Waals surface area contributed by atoms with Crippen LogP contribution in [0.3, 0.4) is 0 Å². The van der Waals surface area contributed by atoms with Crippen LogP contribution in [0.15, 0.2) is 30.3 Å². The number of fused-ring (bicyclic) bond motifs is 1. The number of nitrogens with one attached hydrogen (secondary N) is 1. The number of aromatic nitrogens is 1. The molecule has 0 unspecified atom stereocenters. The first-order valence-corrected chi connectivity index (χ1v) is 10.3. The monoisotopic (exact) mass is 409 g/mol. The van der Waals surface area contributed by atoms with Gasteiger partial charge >= 0.3 is 0 Å². The van der Waals surface area contributed by atoms with Crippen LogP contribution >= 0.6 is 0 Å². The first-order chi connectivity index (χ1) is 14.4. The van der Waals surface area contributed by atoms with Crippen LogP contribution in [-0.2, 0) is 6.54 Å². The lowest BCUT2D eigenvalue weighted by molar-refractivity contribution is 0.0625. The van der Waals surface area contributed by atoms with Gasteiger partial charge in [0, 0.05) is 55.4 Å². The number of amides is 1. The average molecular weight is 410 g/mol. The standard InChI is InChI=1S/C24H28FN3O2/c1-15-10-21(25)16(2)9-19(15)14-27-5-7-28(8-6-27)24(29)20-12-18-11-17(3)26-22(18)13-23(20)30-4/h9-13,26H,5-8,14H2,1-4H3. The SMILES string of the molecule is COc1cc2[nH]c(C)cc2cc1C(=O)N1CCN(Cc2cc(C)c(F)cc2C)CC1. The highest BCUT2D eigenvalue weighted by molar-refractivity contribution is 6.01. The molecule has 158 valence electrons. The van der Waals surface area contributed by atoms with Crippen molar-refractivity contribution in [1.29, 1.82) is 0 Å². The van der Waals surface area contributed by atoms with E-state index in [1.807, 2.05) is 43.0 Å². The molecular formula is C24H28FN3O2. The molecule has 1 fully saturated rings. The minimum Gasteiger partial charge on any atom is -0.496 e. The predicted molar refractivity (Wildman–Crippen MR) is 117 cm³/mol. The van der Waals surface area contributed by atoms with Crippen molar-refractivity contribution in [1.82, 2.24) is 14.8 Å². The summed E-state index contributed by atoms with van der Waals surface area (Å²) >= 11 is 0. The van der Waals surface area contributed by atoms with Gasteiger partial charge in [0.05, 0.1) is 12.7 Å². The maximum atomic E-state index is 13.7. The van der Waals surface area contributed by atoms with Crippen molar-refractivity contribution in [3.63, 3.8) is 0 Å². The highest BCUT2D eigenvalue weighted by Gasteiger charge is 2.25. The maximum Gasteiger partial charge on any atom is 0.257 e. The smallest absolute Gasteiger partial charge is 0.257 e. The first kappa shape index (κ1) is 20.4. The number of hydrogen-bond acceptors (Lipinski definition) is 3. The zero-order valence-electron chi connectivity index (χ0n) is 18.0. The van der Waals surface area contributed by atoms with E-state index in [0.717, 1.165) is 47.4 Å². The van der Waals surface area contributed by atoms with Crippen LogP contribution in [0.5, 0.6) is 5.75 Å². The number of nitrogens with zero attached hydrogens (tertiary/aromatic N) is 2. The Bertz CT molecular complexity index is 1100. The normalized spacial score (nSPS) is 15.0. The summed E-state index contributed by atoms with van der Waals surface area (Å²) in [6, 6.07) is 9.38. The van der Waals surface area contributed by atoms with E-state index in [4.69, 9.17) is 4.74 Å². The number of methoxy groups -OCH3 is 1. The summed E-state index contributed by atoms with van der Waals surface area (Å²) in [6.45, 7) is 9.40. The third kappa shape index (κ3) is 3.92. The van der Waals surface area contributed by atoms with Gasteiger partial charge in [-0.25, -0.2) is 4.39 Å². The van der Waals surface area contributed by atoms with Gasteiger partial charge in [-0.2, -0.15) is 0 Å². The van der Waals surface area contributed by atoms with Gasteiger partial charge < -0.3 is 14.6 Å². The molecule has 3 aromatic rings.